The number of anilines is 2. The van der Waals surface area contributed by atoms with Crippen molar-refractivity contribution in [3.8, 4) is 0 Å². The van der Waals surface area contributed by atoms with Crippen LogP contribution >= 0.6 is 21.4 Å². The number of rotatable bonds is 8. The molecular formula is C26H26Cl2FN7O3S. The standard InChI is InChI=1S/C26H26FN7O2.Cl2OS/c27-21-3-1-2-18(10-21)14-34-24-5-4-22(11-20(24)12-30-34)32-26-25-19(6-8-33(25)31-17-29-26)15-35-16-23-13-28-7-9-36-23;1-4(2)3/h1-6,8,10-12,17,23,28H,7,9,13-16H2,(H,29,31,32);/t23-;/m0./s1. The second-order valence-electron chi connectivity index (χ2n) is 8.97. The molecule has 0 amide bonds. The SMILES string of the molecule is Fc1cccc(Cn2ncc3cc(Nc4ncnn5ccc(COC[C@@H]6CNCCO6)c45)ccc32)c1.O=S(Cl)Cl. The molecule has 1 fully saturated rings. The Bertz CT molecular complexity index is 1610. The third kappa shape index (κ3) is 7.33. The summed E-state index contributed by atoms with van der Waals surface area (Å²) >= 11 is 0. The van der Waals surface area contributed by atoms with Gasteiger partial charge in [-0.25, -0.2) is 18.1 Å². The number of fused-ring (bicyclic) bond motifs is 2. The highest BCUT2D eigenvalue weighted by Gasteiger charge is 2.15. The minimum atomic E-state index is -1.67. The van der Waals surface area contributed by atoms with E-state index in [9.17, 15) is 4.39 Å². The molecule has 2 N–H and O–H groups in total. The minimum Gasteiger partial charge on any atom is -0.374 e. The number of hydrogen-bond acceptors (Lipinski definition) is 8. The molecule has 40 heavy (non-hydrogen) atoms. The van der Waals surface area contributed by atoms with Gasteiger partial charge in [-0.1, -0.05) is 12.1 Å². The molecule has 210 valence electrons. The molecule has 0 unspecified atom stereocenters. The van der Waals surface area contributed by atoms with Crippen molar-refractivity contribution < 1.29 is 18.1 Å². The van der Waals surface area contributed by atoms with Gasteiger partial charge in [-0.05, 0) is 42.0 Å². The van der Waals surface area contributed by atoms with Crippen molar-refractivity contribution in [2.75, 3.05) is 31.6 Å². The van der Waals surface area contributed by atoms with Gasteiger partial charge in [0, 0.05) is 57.3 Å². The largest absolute Gasteiger partial charge is 0.374 e. The van der Waals surface area contributed by atoms with Crippen molar-refractivity contribution in [1.82, 2.24) is 29.7 Å². The van der Waals surface area contributed by atoms with Gasteiger partial charge in [-0.2, -0.15) is 10.2 Å². The molecule has 0 bridgehead atoms. The minimum absolute atomic E-state index is 0.0648. The van der Waals surface area contributed by atoms with Crippen LogP contribution in [0.3, 0.4) is 0 Å². The first-order valence-electron chi connectivity index (χ1n) is 12.4. The first-order chi connectivity index (χ1) is 19.5. The van der Waals surface area contributed by atoms with E-state index in [4.69, 9.17) is 13.7 Å². The number of halogens is 3. The topological polar surface area (TPSA) is 108 Å². The number of aromatic nitrogens is 5. The van der Waals surface area contributed by atoms with E-state index in [-0.39, 0.29) is 11.9 Å². The van der Waals surface area contributed by atoms with Crippen LogP contribution in [-0.4, -0.2) is 61.0 Å². The van der Waals surface area contributed by atoms with Crippen molar-refractivity contribution in [3.63, 3.8) is 0 Å². The Morgan fingerprint density at radius 1 is 1.20 bits per heavy atom. The molecule has 0 saturated carbocycles. The summed E-state index contributed by atoms with van der Waals surface area (Å²) in [6, 6.07) is 14.6. The molecular weight excluding hydrogens is 580 g/mol. The number of hydrogen-bond donors (Lipinski definition) is 2. The Hall–Kier alpha value is -3.13. The van der Waals surface area contributed by atoms with Crippen LogP contribution in [0.5, 0.6) is 0 Å². The van der Waals surface area contributed by atoms with Crippen LogP contribution in [0.15, 0.2) is 67.3 Å². The summed E-state index contributed by atoms with van der Waals surface area (Å²) in [5.41, 5.74) is 4.56. The Balaban J connectivity index is 0.000000758. The number of ether oxygens (including phenoxy) is 2. The van der Waals surface area contributed by atoms with Crippen molar-refractivity contribution in [1.29, 1.82) is 0 Å². The molecule has 1 aliphatic heterocycles. The summed E-state index contributed by atoms with van der Waals surface area (Å²) in [7, 11) is 7.36. The Morgan fingerprint density at radius 3 is 2.88 bits per heavy atom. The summed E-state index contributed by atoms with van der Waals surface area (Å²) in [5.74, 6) is 0.441. The smallest absolute Gasteiger partial charge is 0.211 e. The summed E-state index contributed by atoms with van der Waals surface area (Å²) in [6.45, 7) is 3.84. The Morgan fingerprint density at radius 2 is 2.08 bits per heavy atom. The van der Waals surface area contributed by atoms with Crippen molar-refractivity contribution in [2.45, 2.75) is 19.3 Å². The second kappa shape index (κ2) is 13.5. The van der Waals surface area contributed by atoms with Gasteiger partial charge in [0.05, 0.1) is 44.2 Å². The number of benzene rings is 2. The molecule has 10 nitrogen and oxygen atoms in total. The van der Waals surface area contributed by atoms with Gasteiger partial charge in [0.1, 0.15) is 17.7 Å². The van der Waals surface area contributed by atoms with E-state index >= 15 is 0 Å². The maximum atomic E-state index is 13.6. The molecule has 0 radical (unpaired) electrons. The zero-order valence-electron chi connectivity index (χ0n) is 21.2. The lowest BCUT2D eigenvalue weighted by molar-refractivity contribution is -0.0355. The van der Waals surface area contributed by atoms with Crippen molar-refractivity contribution >= 4 is 58.5 Å². The van der Waals surface area contributed by atoms with Gasteiger partial charge in [-0.3, -0.25) is 4.68 Å². The summed E-state index contributed by atoms with van der Waals surface area (Å²) < 4.78 is 38.0. The molecule has 1 aliphatic rings. The molecule has 0 aliphatic carbocycles. The van der Waals surface area contributed by atoms with E-state index in [0.717, 1.165) is 46.3 Å². The van der Waals surface area contributed by atoms with Gasteiger partial charge in [0.25, 0.3) is 0 Å². The van der Waals surface area contributed by atoms with Gasteiger partial charge < -0.3 is 20.1 Å². The predicted octanol–water partition coefficient (Wildman–Crippen LogP) is 4.56. The van der Waals surface area contributed by atoms with Crippen molar-refractivity contribution in [2.24, 2.45) is 0 Å². The Kier molecular flexibility index (Phi) is 9.57. The molecule has 0 spiro atoms. The third-order valence-electron chi connectivity index (χ3n) is 6.23. The monoisotopic (exact) mass is 605 g/mol. The molecule has 1 saturated heterocycles. The highest BCUT2D eigenvalue weighted by Crippen LogP contribution is 2.26. The normalized spacial score (nSPS) is 15.3. The van der Waals surface area contributed by atoms with Crippen LogP contribution in [0.4, 0.5) is 15.9 Å². The zero-order valence-corrected chi connectivity index (χ0v) is 23.5. The predicted molar refractivity (Wildman–Crippen MR) is 154 cm³/mol. The molecule has 14 heteroatoms. The van der Waals surface area contributed by atoms with Gasteiger partial charge in [0.2, 0.25) is 9.23 Å². The third-order valence-corrected chi connectivity index (χ3v) is 6.23. The molecule has 6 rings (SSSR count). The van der Waals surface area contributed by atoms with Crippen LogP contribution in [0.1, 0.15) is 11.1 Å². The molecule has 2 aromatic carbocycles. The highest BCUT2D eigenvalue weighted by molar-refractivity contribution is 8.26. The van der Waals surface area contributed by atoms with Crippen molar-refractivity contribution in [3.05, 3.63) is 84.2 Å². The fourth-order valence-corrected chi connectivity index (χ4v) is 4.49. The van der Waals surface area contributed by atoms with E-state index in [1.165, 1.54) is 18.5 Å². The zero-order chi connectivity index (χ0) is 27.9. The summed E-state index contributed by atoms with van der Waals surface area (Å²) in [5, 5.41) is 16.5. The lowest BCUT2D eigenvalue weighted by Crippen LogP contribution is -2.40. The average Bonchev–Trinajstić information content (AvgIpc) is 3.53. The average molecular weight is 607 g/mol. The lowest BCUT2D eigenvalue weighted by atomic mass is 10.2. The van der Waals surface area contributed by atoms with E-state index in [1.807, 2.05) is 47.4 Å². The van der Waals surface area contributed by atoms with Crippen LogP contribution in [0.2, 0.25) is 0 Å². The van der Waals surface area contributed by atoms with Gasteiger partial charge in [-0.15, -0.1) is 0 Å². The molecule has 1 atom stereocenters. The lowest BCUT2D eigenvalue weighted by Gasteiger charge is -2.23. The maximum Gasteiger partial charge on any atom is 0.211 e. The van der Waals surface area contributed by atoms with E-state index in [2.05, 4.69) is 47.2 Å². The fourth-order valence-electron chi connectivity index (χ4n) is 4.49. The first kappa shape index (κ1) is 28.4. The van der Waals surface area contributed by atoms with Gasteiger partial charge >= 0.3 is 0 Å². The number of morpholine rings is 1. The maximum absolute atomic E-state index is 13.6. The number of nitrogens with one attached hydrogen (secondary N) is 2. The van der Waals surface area contributed by atoms with Crippen LogP contribution in [-0.2, 0) is 31.9 Å². The first-order valence-corrected chi connectivity index (χ1v) is 15.2. The van der Waals surface area contributed by atoms with Crippen LogP contribution in [0.25, 0.3) is 16.4 Å². The van der Waals surface area contributed by atoms with Crippen LogP contribution in [0, 0.1) is 5.82 Å². The van der Waals surface area contributed by atoms with E-state index in [0.29, 0.717) is 32.2 Å². The number of nitrogens with zero attached hydrogens (tertiary/aromatic N) is 5. The molecule has 3 aromatic heterocycles. The van der Waals surface area contributed by atoms with Gasteiger partial charge in [0.15, 0.2) is 5.82 Å². The summed E-state index contributed by atoms with van der Waals surface area (Å²) in [4.78, 5) is 4.49. The Labute approximate surface area is 240 Å². The molecule has 4 heterocycles. The second-order valence-corrected chi connectivity index (χ2v) is 11.5. The van der Waals surface area contributed by atoms with E-state index < -0.39 is 9.23 Å². The quantitative estimate of drug-likeness (QED) is 0.248. The van der Waals surface area contributed by atoms with Crippen LogP contribution < -0.4 is 10.6 Å². The highest BCUT2D eigenvalue weighted by atomic mass is 36.0. The van der Waals surface area contributed by atoms with E-state index in [1.54, 1.807) is 10.6 Å². The fraction of sp³-hybridized carbons (Fsp3) is 0.269. The summed E-state index contributed by atoms with van der Waals surface area (Å²) in [6.07, 6.45) is 5.31. The molecule has 5 aromatic rings.